The number of benzene rings is 2. The molecule has 1 N–H and O–H groups in total. The molecule has 26 heavy (non-hydrogen) atoms. The van der Waals surface area contributed by atoms with Gasteiger partial charge in [-0.1, -0.05) is 29.5 Å². The van der Waals surface area contributed by atoms with E-state index in [0.29, 0.717) is 0 Å². The van der Waals surface area contributed by atoms with Crippen LogP contribution in [-0.2, 0) is 12.8 Å². The van der Waals surface area contributed by atoms with Crippen LogP contribution >= 0.6 is 11.3 Å². The number of methoxy groups -OCH3 is 1. The summed E-state index contributed by atoms with van der Waals surface area (Å²) in [5, 5.41) is 3.91. The van der Waals surface area contributed by atoms with E-state index < -0.39 is 0 Å². The van der Waals surface area contributed by atoms with E-state index in [1.807, 2.05) is 24.3 Å². The van der Waals surface area contributed by atoms with Gasteiger partial charge in [-0.3, -0.25) is 4.79 Å². The topological polar surface area (TPSA) is 51.2 Å². The number of fused-ring (bicyclic) bond motifs is 2. The van der Waals surface area contributed by atoms with Crippen LogP contribution < -0.4 is 27.0 Å². The van der Waals surface area contributed by atoms with E-state index in [1.165, 1.54) is 35.3 Å². The number of aromatic nitrogens is 1. The minimum Gasteiger partial charge on any atom is -1.00 e. The van der Waals surface area contributed by atoms with E-state index in [0.717, 1.165) is 39.5 Å². The lowest BCUT2D eigenvalue weighted by atomic mass is 9.90. The summed E-state index contributed by atoms with van der Waals surface area (Å²) < 4.78 is 6.38. The van der Waals surface area contributed by atoms with E-state index in [2.05, 4.69) is 22.4 Å². The van der Waals surface area contributed by atoms with E-state index in [9.17, 15) is 4.79 Å². The fraction of sp³-hybridized carbons (Fsp3) is 0.300. The molecule has 0 aliphatic heterocycles. The number of thiazole rings is 1. The van der Waals surface area contributed by atoms with Crippen molar-refractivity contribution < 1.29 is 26.5 Å². The molecule has 6 heteroatoms. The number of Topliss-reactive ketones (excluding diaryl/α,β-unsaturated/α-hetero) is 1. The molecule has 1 aliphatic carbocycles. The quantitative estimate of drug-likeness (QED) is 0.621. The van der Waals surface area contributed by atoms with Gasteiger partial charge in [-0.15, -0.1) is 0 Å². The van der Waals surface area contributed by atoms with Crippen molar-refractivity contribution in [3.63, 3.8) is 0 Å². The second kappa shape index (κ2) is 8.18. The van der Waals surface area contributed by atoms with E-state index in [4.69, 9.17) is 4.74 Å². The summed E-state index contributed by atoms with van der Waals surface area (Å²) in [6.07, 6.45) is 4.69. The third kappa shape index (κ3) is 3.76. The van der Waals surface area contributed by atoms with Crippen molar-refractivity contribution in [2.75, 3.05) is 19.0 Å². The second-order valence-corrected chi connectivity index (χ2v) is 7.32. The second-order valence-electron chi connectivity index (χ2n) is 6.29. The summed E-state index contributed by atoms with van der Waals surface area (Å²) in [4.78, 5) is 17.1. The van der Waals surface area contributed by atoms with Gasteiger partial charge in [0.05, 0.1) is 18.4 Å². The Morgan fingerprint density at radius 1 is 1.19 bits per heavy atom. The zero-order valence-corrected chi connectivity index (χ0v) is 17.0. The third-order valence-corrected chi connectivity index (χ3v) is 5.65. The number of carbonyl (C=O) groups is 1. The highest BCUT2D eigenvalue weighted by molar-refractivity contribution is 7.22. The highest BCUT2D eigenvalue weighted by Gasteiger charge is 2.14. The number of ether oxygens (including phenoxy) is 1. The summed E-state index contributed by atoms with van der Waals surface area (Å²) in [6, 6.07) is 12.0. The highest BCUT2D eigenvalue weighted by atomic mass is 79.9. The molecule has 0 radical (unpaired) electrons. The van der Waals surface area contributed by atoms with Crippen molar-refractivity contribution in [1.82, 2.24) is 4.98 Å². The molecule has 1 heterocycles. The lowest BCUT2D eigenvalue weighted by Crippen LogP contribution is -3.00. The Morgan fingerprint density at radius 3 is 2.81 bits per heavy atom. The number of aryl methyl sites for hydroxylation is 2. The SMILES string of the molecule is COc1cccc2sc(NCC(=O)c3ccc4c(c3)CCCC4)nc12.[Br-]. The van der Waals surface area contributed by atoms with Gasteiger partial charge in [0.1, 0.15) is 11.3 Å². The number of halogens is 1. The molecular formula is C20H20BrN2O2S-. The van der Waals surface area contributed by atoms with Gasteiger partial charge in [-0.2, -0.15) is 0 Å². The largest absolute Gasteiger partial charge is 1.00 e. The van der Waals surface area contributed by atoms with E-state index >= 15 is 0 Å². The standard InChI is InChI=1S/C20H20N2O2S.BrH/c1-24-17-7-4-8-18-19(17)22-20(25-18)21-12-16(23)15-10-9-13-5-2-3-6-14(13)11-15;/h4,7-11H,2-3,5-6,12H2,1H3,(H,21,22);1H/p-1. The van der Waals surface area contributed by atoms with Crippen LogP contribution in [0.3, 0.4) is 0 Å². The molecule has 0 amide bonds. The molecule has 0 fully saturated rings. The number of carbonyl (C=O) groups excluding carboxylic acids is 1. The molecular weight excluding hydrogens is 412 g/mol. The summed E-state index contributed by atoms with van der Waals surface area (Å²) in [6.45, 7) is 0.251. The Morgan fingerprint density at radius 2 is 2.00 bits per heavy atom. The lowest BCUT2D eigenvalue weighted by molar-refractivity contribution is -0.0000129. The van der Waals surface area contributed by atoms with Crippen LogP contribution in [0.2, 0.25) is 0 Å². The number of nitrogens with one attached hydrogen (secondary N) is 1. The first-order chi connectivity index (χ1) is 12.2. The van der Waals surface area contributed by atoms with E-state index in [1.54, 1.807) is 7.11 Å². The van der Waals surface area contributed by atoms with E-state index in [-0.39, 0.29) is 29.3 Å². The molecule has 0 atom stereocenters. The number of ketones is 1. The third-order valence-electron chi connectivity index (χ3n) is 4.67. The summed E-state index contributed by atoms with van der Waals surface area (Å²) in [7, 11) is 1.64. The first kappa shape index (κ1) is 18.9. The maximum Gasteiger partial charge on any atom is 0.184 e. The molecule has 2 aromatic carbocycles. The summed E-state index contributed by atoms with van der Waals surface area (Å²) >= 11 is 1.53. The van der Waals surface area contributed by atoms with Crippen LogP contribution in [0.5, 0.6) is 5.75 Å². The normalized spacial score (nSPS) is 13.0. The minimum absolute atomic E-state index is 0. The molecule has 0 unspecified atom stereocenters. The van der Waals surface area contributed by atoms with Crippen LogP contribution in [0.1, 0.15) is 34.3 Å². The average Bonchev–Trinajstić information content (AvgIpc) is 3.08. The Labute approximate surface area is 167 Å². The molecule has 1 aromatic heterocycles. The smallest absolute Gasteiger partial charge is 0.184 e. The van der Waals surface area contributed by atoms with Gasteiger partial charge in [0.25, 0.3) is 0 Å². The predicted octanol–water partition coefficient (Wildman–Crippen LogP) is 1.48. The van der Waals surface area contributed by atoms with Crippen LogP contribution in [0.4, 0.5) is 5.13 Å². The predicted molar refractivity (Wildman–Crippen MR) is 102 cm³/mol. The molecule has 4 rings (SSSR count). The highest BCUT2D eigenvalue weighted by Crippen LogP contribution is 2.32. The summed E-state index contributed by atoms with van der Waals surface area (Å²) in [5.41, 5.74) is 4.35. The number of anilines is 1. The van der Waals surface area contributed by atoms with Gasteiger partial charge < -0.3 is 27.0 Å². The van der Waals surface area contributed by atoms with Crippen molar-refractivity contribution in [2.24, 2.45) is 0 Å². The molecule has 136 valence electrons. The molecule has 3 aromatic rings. The maximum absolute atomic E-state index is 12.5. The molecule has 0 bridgehead atoms. The van der Waals surface area contributed by atoms with Crippen LogP contribution in [0, 0.1) is 0 Å². The summed E-state index contributed by atoms with van der Waals surface area (Å²) in [5.74, 6) is 0.849. The fourth-order valence-corrected chi connectivity index (χ4v) is 4.21. The Kier molecular flexibility index (Phi) is 5.94. The van der Waals surface area contributed by atoms with Gasteiger partial charge in [0.2, 0.25) is 0 Å². The van der Waals surface area contributed by atoms with Gasteiger partial charge >= 0.3 is 0 Å². The zero-order valence-electron chi connectivity index (χ0n) is 14.5. The van der Waals surface area contributed by atoms with Crippen LogP contribution in [-0.4, -0.2) is 24.4 Å². The van der Waals surface area contributed by atoms with Crippen LogP contribution in [0.25, 0.3) is 10.2 Å². The van der Waals surface area contributed by atoms with Crippen molar-refractivity contribution in [2.45, 2.75) is 25.7 Å². The Bertz CT molecular complexity index is 939. The number of hydrogen-bond acceptors (Lipinski definition) is 5. The lowest BCUT2D eigenvalue weighted by Gasteiger charge is -2.16. The Balaban J connectivity index is 0.00000196. The van der Waals surface area contributed by atoms with Crippen molar-refractivity contribution >= 4 is 32.5 Å². The van der Waals surface area contributed by atoms with Crippen LogP contribution in [0.15, 0.2) is 36.4 Å². The number of rotatable bonds is 5. The maximum atomic E-state index is 12.5. The minimum atomic E-state index is 0. The first-order valence-corrected chi connectivity index (χ1v) is 9.38. The van der Waals surface area contributed by atoms with Crippen molar-refractivity contribution in [3.05, 3.63) is 53.1 Å². The van der Waals surface area contributed by atoms with Crippen molar-refractivity contribution in [1.29, 1.82) is 0 Å². The van der Waals surface area contributed by atoms with Gasteiger partial charge in [-0.05, 0) is 55.0 Å². The first-order valence-electron chi connectivity index (χ1n) is 8.57. The molecule has 4 nitrogen and oxygen atoms in total. The average molecular weight is 432 g/mol. The Hall–Kier alpha value is -1.92. The number of nitrogens with zero attached hydrogens (tertiary/aromatic N) is 1. The zero-order chi connectivity index (χ0) is 17.2. The van der Waals surface area contributed by atoms with Gasteiger partial charge in [0.15, 0.2) is 10.9 Å². The molecule has 0 spiro atoms. The monoisotopic (exact) mass is 431 g/mol. The molecule has 1 aliphatic rings. The number of para-hydroxylation sites is 1. The van der Waals surface area contributed by atoms with Gasteiger partial charge in [0, 0.05) is 5.56 Å². The molecule has 0 saturated heterocycles. The molecule has 0 saturated carbocycles. The number of hydrogen-bond donors (Lipinski definition) is 1. The fourth-order valence-electron chi connectivity index (χ4n) is 3.33. The van der Waals surface area contributed by atoms with Crippen molar-refractivity contribution in [3.8, 4) is 5.75 Å². The van der Waals surface area contributed by atoms with Gasteiger partial charge in [-0.25, -0.2) is 4.98 Å².